The molecule has 0 aliphatic carbocycles. The minimum Gasteiger partial charge on any atom is -1.00 e. The van der Waals surface area contributed by atoms with Gasteiger partial charge in [0.1, 0.15) is 13.1 Å². The molecule has 0 aliphatic rings. The Morgan fingerprint density at radius 2 is 1.17 bits per heavy atom. The van der Waals surface area contributed by atoms with Crippen LogP contribution >= 0.6 is 0 Å². The molecule has 0 spiro atoms. The molecule has 0 saturated carbocycles. The summed E-state index contributed by atoms with van der Waals surface area (Å²) >= 11 is 0. The van der Waals surface area contributed by atoms with Gasteiger partial charge in [-0.25, -0.2) is 0 Å². The molecule has 6 nitrogen and oxygen atoms in total. The minimum atomic E-state index is -1.19. The second-order valence-electron chi connectivity index (χ2n) is 5.62. The van der Waals surface area contributed by atoms with Crippen molar-refractivity contribution in [1.29, 1.82) is 0 Å². The van der Waals surface area contributed by atoms with Gasteiger partial charge in [0.25, 0.3) is 0 Å². The van der Waals surface area contributed by atoms with Crippen molar-refractivity contribution >= 4 is 17.8 Å². The van der Waals surface area contributed by atoms with Crippen molar-refractivity contribution in [1.82, 2.24) is 4.90 Å². The zero-order valence-electron chi connectivity index (χ0n) is 15.6. The zero-order valence-corrected chi connectivity index (χ0v) is 16.6. The summed E-state index contributed by atoms with van der Waals surface area (Å²) in [7, 11) is 0. The number of carbonyl (C=O) groups is 3. The normalized spacial score (nSPS) is 9.96. The van der Waals surface area contributed by atoms with E-state index >= 15 is 0 Å². The van der Waals surface area contributed by atoms with Gasteiger partial charge in [-0.15, -0.1) is 0 Å². The Morgan fingerprint density at radius 1 is 0.783 bits per heavy atom. The number of carboxylic acids is 2. The summed E-state index contributed by atoms with van der Waals surface area (Å²) in [5.74, 6) is -2.78. The van der Waals surface area contributed by atoms with Crippen LogP contribution in [-0.2, 0) is 14.4 Å². The third-order valence-electron chi connectivity index (χ3n) is 3.50. The van der Waals surface area contributed by atoms with E-state index in [9.17, 15) is 14.4 Å². The Hall–Kier alpha value is -0.590. The van der Waals surface area contributed by atoms with E-state index in [-0.39, 0.29) is 37.4 Å². The van der Waals surface area contributed by atoms with Gasteiger partial charge < -0.3 is 16.5 Å². The fourth-order valence-electron chi connectivity index (χ4n) is 2.30. The van der Waals surface area contributed by atoms with Gasteiger partial charge >= 0.3 is 41.5 Å². The second kappa shape index (κ2) is 16.3. The Kier molecular flexibility index (Phi) is 17.4. The monoisotopic (exact) mass is 339 g/mol. The minimum absolute atomic E-state index is 0. The molecule has 0 rings (SSSR count). The zero-order chi connectivity index (χ0) is 16.8. The van der Waals surface area contributed by atoms with Crippen LogP contribution in [0.3, 0.4) is 0 Å². The van der Waals surface area contributed by atoms with E-state index in [0.717, 1.165) is 24.2 Å². The van der Waals surface area contributed by atoms with E-state index < -0.39 is 30.9 Å². The molecule has 1 amide bonds. The summed E-state index contributed by atoms with van der Waals surface area (Å²) in [5, 5.41) is 17.4. The summed E-state index contributed by atoms with van der Waals surface area (Å²) in [6.07, 6.45) is 10.4. The van der Waals surface area contributed by atoms with Crippen molar-refractivity contribution in [3.8, 4) is 0 Å². The van der Waals surface area contributed by atoms with Crippen LogP contribution in [0.25, 0.3) is 0 Å². The molecule has 0 bridgehead atoms. The van der Waals surface area contributed by atoms with Gasteiger partial charge in [0.15, 0.2) is 0 Å². The van der Waals surface area contributed by atoms with Crippen molar-refractivity contribution in [2.45, 2.75) is 71.1 Å². The van der Waals surface area contributed by atoms with E-state index in [1.54, 1.807) is 0 Å². The van der Waals surface area contributed by atoms with Crippen LogP contribution < -0.4 is 29.6 Å². The topological polar surface area (TPSA) is 94.9 Å². The first kappa shape index (κ1) is 24.7. The van der Waals surface area contributed by atoms with Gasteiger partial charge in [0, 0.05) is 6.42 Å². The number of carboxylic acid groups (broad SMARTS) is 2. The standard InChI is InChI=1S/C16H29NO5.Na.H/c1-2-3-4-5-6-7-8-9-10-11-14(18)17(12-15(19)20)13-16(21)22;;/h2-13H2,1H3,(H,19,20)(H,21,22);;/q;+1;-1. The number of amides is 1. The van der Waals surface area contributed by atoms with E-state index in [1.807, 2.05) is 0 Å². The first-order chi connectivity index (χ1) is 10.5. The molecule has 0 aromatic heterocycles. The van der Waals surface area contributed by atoms with Gasteiger partial charge in [0.2, 0.25) is 5.91 Å². The average molecular weight is 339 g/mol. The first-order valence-corrected chi connectivity index (χ1v) is 8.18. The molecule has 7 heteroatoms. The molecule has 0 aromatic rings. The summed E-state index contributed by atoms with van der Waals surface area (Å²) in [4.78, 5) is 34.0. The predicted molar refractivity (Wildman–Crippen MR) is 84.8 cm³/mol. The average Bonchev–Trinajstić information content (AvgIpc) is 2.43. The Bertz CT molecular complexity index is 339. The van der Waals surface area contributed by atoms with Gasteiger partial charge in [0.05, 0.1) is 0 Å². The maximum absolute atomic E-state index is 11.8. The van der Waals surface area contributed by atoms with Crippen molar-refractivity contribution in [2.24, 2.45) is 0 Å². The first-order valence-electron chi connectivity index (χ1n) is 8.18. The van der Waals surface area contributed by atoms with E-state index in [2.05, 4.69) is 6.92 Å². The number of rotatable bonds is 14. The Morgan fingerprint density at radius 3 is 1.57 bits per heavy atom. The molecule has 0 radical (unpaired) electrons. The van der Waals surface area contributed by atoms with E-state index in [4.69, 9.17) is 10.2 Å². The number of unbranched alkanes of at least 4 members (excludes halogenated alkanes) is 8. The summed E-state index contributed by atoms with van der Waals surface area (Å²) in [5.41, 5.74) is 0. The molecule has 0 fully saturated rings. The van der Waals surface area contributed by atoms with E-state index in [0.29, 0.717) is 6.42 Å². The van der Waals surface area contributed by atoms with Crippen molar-refractivity contribution < 1.29 is 55.6 Å². The fourth-order valence-corrected chi connectivity index (χ4v) is 2.30. The molecular formula is C16H30NNaO5. The van der Waals surface area contributed by atoms with Crippen LogP contribution in [0.2, 0.25) is 0 Å². The molecule has 0 atom stereocenters. The quantitative estimate of drug-likeness (QED) is 0.344. The summed E-state index contributed by atoms with van der Waals surface area (Å²) < 4.78 is 0. The number of aliphatic carboxylic acids is 2. The van der Waals surface area contributed by atoms with Crippen LogP contribution in [0.5, 0.6) is 0 Å². The van der Waals surface area contributed by atoms with Crippen LogP contribution in [0.15, 0.2) is 0 Å². The number of nitrogens with zero attached hydrogens (tertiary/aromatic N) is 1. The van der Waals surface area contributed by atoms with Crippen molar-refractivity contribution in [3.05, 3.63) is 0 Å². The van der Waals surface area contributed by atoms with E-state index in [1.165, 1.54) is 32.1 Å². The third-order valence-corrected chi connectivity index (χ3v) is 3.50. The molecule has 23 heavy (non-hydrogen) atoms. The maximum atomic E-state index is 11.8. The van der Waals surface area contributed by atoms with Crippen molar-refractivity contribution in [3.63, 3.8) is 0 Å². The van der Waals surface area contributed by atoms with Crippen LogP contribution in [0.1, 0.15) is 72.6 Å². The fraction of sp³-hybridized carbons (Fsp3) is 0.812. The van der Waals surface area contributed by atoms with Crippen LogP contribution in [-0.4, -0.2) is 46.0 Å². The smallest absolute Gasteiger partial charge is 1.00 e. The predicted octanol–water partition coefficient (Wildman–Crippen LogP) is 0.0216. The molecule has 130 valence electrons. The Labute approximate surface area is 162 Å². The summed E-state index contributed by atoms with van der Waals surface area (Å²) in [6.45, 7) is 1.08. The van der Waals surface area contributed by atoms with Crippen LogP contribution in [0.4, 0.5) is 0 Å². The molecule has 2 N–H and O–H groups in total. The van der Waals surface area contributed by atoms with Gasteiger partial charge in [-0.05, 0) is 6.42 Å². The number of hydrogen-bond donors (Lipinski definition) is 2. The van der Waals surface area contributed by atoms with Gasteiger partial charge in [-0.3, -0.25) is 14.4 Å². The number of carbonyl (C=O) groups excluding carboxylic acids is 1. The number of hydrogen-bond acceptors (Lipinski definition) is 3. The van der Waals surface area contributed by atoms with Crippen LogP contribution in [0, 0.1) is 0 Å². The summed E-state index contributed by atoms with van der Waals surface area (Å²) in [6, 6.07) is 0. The third kappa shape index (κ3) is 16.1. The van der Waals surface area contributed by atoms with Crippen molar-refractivity contribution in [2.75, 3.05) is 13.1 Å². The SMILES string of the molecule is CCCCCCCCCCCC(=O)N(CC(=O)O)CC(=O)O.[H-].[Na+]. The molecule has 0 aromatic carbocycles. The molecule has 0 heterocycles. The maximum Gasteiger partial charge on any atom is 1.00 e. The van der Waals surface area contributed by atoms with Gasteiger partial charge in [-0.1, -0.05) is 58.3 Å². The molecule has 0 aliphatic heterocycles. The van der Waals surface area contributed by atoms with Gasteiger partial charge in [-0.2, -0.15) is 0 Å². The largest absolute Gasteiger partial charge is 1.00 e. The molecule has 0 unspecified atom stereocenters. The molecule has 0 saturated heterocycles. The Balaban J connectivity index is -0.00000220. The second-order valence-corrected chi connectivity index (χ2v) is 5.62. The molecular weight excluding hydrogens is 309 g/mol.